The van der Waals surface area contributed by atoms with Crippen molar-refractivity contribution < 1.29 is 0 Å². The maximum atomic E-state index is 3.82. The topological polar surface area (TPSA) is 0 Å². The van der Waals surface area contributed by atoms with Crippen molar-refractivity contribution in [1.82, 2.24) is 0 Å². The first-order valence-electron chi connectivity index (χ1n) is 3.74. The van der Waals surface area contributed by atoms with E-state index < -0.39 is 0 Å². The molecular formula is C8H17S2. The molecule has 0 fully saturated rings. The van der Waals surface area contributed by atoms with E-state index in [1.54, 1.807) is 0 Å². The molecule has 0 rings (SSSR count). The van der Waals surface area contributed by atoms with Crippen LogP contribution in [0.4, 0.5) is 0 Å². The van der Waals surface area contributed by atoms with Crippen LogP contribution in [0.25, 0.3) is 0 Å². The quantitative estimate of drug-likeness (QED) is 0.611. The summed E-state index contributed by atoms with van der Waals surface area (Å²) in [5.41, 5.74) is 0. The van der Waals surface area contributed by atoms with E-state index in [-0.39, 0.29) is 0 Å². The fourth-order valence-corrected chi connectivity index (χ4v) is 2.86. The van der Waals surface area contributed by atoms with Crippen molar-refractivity contribution in [3.05, 3.63) is 6.92 Å². The molecule has 0 aliphatic rings. The van der Waals surface area contributed by atoms with Gasteiger partial charge in [0.2, 0.25) is 0 Å². The molecule has 0 saturated heterocycles. The van der Waals surface area contributed by atoms with Gasteiger partial charge in [0.1, 0.15) is 0 Å². The molecule has 61 valence electrons. The first kappa shape index (κ1) is 10.7. The first-order chi connectivity index (χ1) is 4.85. The van der Waals surface area contributed by atoms with Crippen molar-refractivity contribution in [1.29, 1.82) is 0 Å². The molecule has 0 heterocycles. The highest BCUT2D eigenvalue weighted by Crippen LogP contribution is 2.18. The summed E-state index contributed by atoms with van der Waals surface area (Å²) >= 11 is 4.01. The second-order valence-corrected chi connectivity index (χ2v) is 4.53. The molecule has 0 N–H and O–H groups in total. The second kappa shape index (κ2) is 7.80. The van der Waals surface area contributed by atoms with Gasteiger partial charge in [0.05, 0.1) is 0 Å². The lowest BCUT2D eigenvalue weighted by atomic mass is 10.4. The van der Waals surface area contributed by atoms with E-state index in [4.69, 9.17) is 0 Å². The smallest absolute Gasteiger partial charge is 0.0135 e. The predicted octanol–water partition coefficient (Wildman–Crippen LogP) is 3.09. The molecule has 0 aromatic carbocycles. The number of rotatable bonds is 6. The third-order valence-corrected chi connectivity index (χ3v) is 3.75. The van der Waals surface area contributed by atoms with Crippen molar-refractivity contribution in [2.45, 2.75) is 25.0 Å². The van der Waals surface area contributed by atoms with Crippen LogP contribution in [0.5, 0.6) is 0 Å². The third kappa shape index (κ3) is 5.48. The molecule has 2 heteroatoms. The van der Waals surface area contributed by atoms with E-state index in [2.05, 4.69) is 31.9 Å². The van der Waals surface area contributed by atoms with Gasteiger partial charge >= 0.3 is 0 Å². The molecule has 0 aromatic heterocycles. The Balaban J connectivity index is 3.21. The van der Waals surface area contributed by atoms with Crippen molar-refractivity contribution >= 4 is 23.5 Å². The Bertz CT molecular complexity index is 64.3. The van der Waals surface area contributed by atoms with Gasteiger partial charge in [0.25, 0.3) is 0 Å². The molecule has 0 aliphatic carbocycles. The lowest BCUT2D eigenvalue weighted by molar-refractivity contribution is 0.915. The molecule has 0 amide bonds. The Kier molecular flexibility index (Phi) is 8.35. The van der Waals surface area contributed by atoms with Crippen LogP contribution < -0.4 is 0 Å². The van der Waals surface area contributed by atoms with E-state index in [0.717, 1.165) is 11.7 Å². The normalized spacial score (nSPS) is 13.5. The van der Waals surface area contributed by atoms with Gasteiger partial charge in [-0.25, -0.2) is 0 Å². The summed E-state index contributed by atoms with van der Waals surface area (Å²) in [6, 6.07) is 0. The van der Waals surface area contributed by atoms with Gasteiger partial charge in [-0.1, -0.05) is 13.8 Å². The summed E-state index contributed by atoms with van der Waals surface area (Å²) in [6.45, 7) is 6.09. The number of thioether (sulfide) groups is 2. The molecule has 0 nitrogen and oxygen atoms in total. The standard InChI is InChI=1S/C8H17S2/c1-4-6-10-8(5-2)7-9-3/h8H,1,4-7H2,2-3H3. The average Bonchev–Trinajstić information content (AvgIpc) is 1.98. The SMILES string of the molecule is [CH2]CCSC(CC)CSC. The van der Waals surface area contributed by atoms with Crippen LogP contribution in [-0.2, 0) is 0 Å². The molecule has 1 atom stereocenters. The maximum Gasteiger partial charge on any atom is 0.0135 e. The van der Waals surface area contributed by atoms with Gasteiger partial charge in [-0.2, -0.15) is 23.5 Å². The number of hydrogen-bond donors (Lipinski definition) is 0. The first-order valence-corrected chi connectivity index (χ1v) is 6.19. The fourth-order valence-electron chi connectivity index (χ4n) is 0.720. The summed E-state index contributed by atoms with van der Waals surface area (Å²) in [5, 5.41) is 0.858. The average molecular weight is 177 g/mol. The zero-order valence-electron chi connectivity index (χ0n) is 6.93. The van der Waals surface area contributed by atoms with E-state index in [9.17, 15) is 0 Å². The highest BCUT2D eigenvalue weighted by Gasteiger charge is 2.03. The minimum atomic E-state index is 0.858. The van der Waals surface area contributed by atoms with Crippen molar-refractivity contribution in [3.8, 4) is 0 Å². The van der Waals surface area contributed by atoms with E-state index in [1.165, 1.54) is 17.9 Å². The van der Waals surface area contributed by atoms with E-state index in [0.29, 0.717) is 0 Å². The fraction of sp³-hybridized carbons (Fsp3) is 0.875. The van der Waals surface area contributed by atoms with Gasteiger partial charge < -0.3 is 0 Å². The lowest BCUT2D eigenvalue weighted by Gasteiger charge is -2.11. The van der Waals surface area contributed by atoms with Crippen LogP contribution in [0.1, 0.15) is 19.8 Å². The monoisotopic (exact) mass is 177 g/mol. The van der Waals surface area contributed by atoms with Gasteiger partial charge in [-0.15, -0.1) is 0 Å². The highest BCUT2D eigenvalue weighted by atomic mass is 32.2. The molecule has 0 aromatic rings. The largest absolute Gasteiger partial charge is 0.164 e. The molecule has 10 heavy (non-hydrogen) atoms. The Morgan fingerprint density at radius 1 is 1.50 bits per heavy atom. The molecular weight excluding hydrogens is 160 g/mol. The Hall–Kier alpha value is 0.700. The van der Waals surface area contributed by atoms with Crippen molar-refractivity contribution in [2.24, 2.45) is 0 Å². The van der Waals surface area contributed by atoms with Gasteiger partial charge in [-0.05, 0) is 24.9 Å². The summed E-state index contributed by atoms with van der Waals surface area (Å²) in [4.78, 5) is 0. The van der Waals surface area contributed by atoms with Gasteiger partial charge in [0.15, 0.2) is 0 Å². The van der Waals surface area contributed by atoms with Crippen molar-refractivity contribution in [3.63, 3.8) is 0 Å². The lowest BCUT2D eigenvalue weighted by Crippen LogP contribution is -2.04. The minimum absolute atomic E-state index is 0.858. The molecule has 0 aliphatic heterocycles. The van der Waals surface area contributed by atoms with E-state index >= 15 is 0 Å². The minimum Gasteiger partial charge on any atom is -0.164 e. The van der Waals surface area contributed by atoms with Crippen LogP contribution in [-0.4, -0.2) is 23.0 Å². The summed E-state index contributed by atoms with van der Waals surface area (Å²) in [5.74, 6) is 2.51. The highest BCUT2D eigenvalue weighted by molar-refractivity contribution is 8.03. The molecule has 0 saturated carbocycles. The molecule has 0 spiro atoms. The Morgan fingerprint density at radius 2 is 2.20 bits per heavy atom. The van der Waals surface area contributed by atoms with Crippen LogP contribution in [0.15, 0.2) is 0 Å². The molecule has 1 radical (unpaired) electrons. The Labute approximate surface area is 73.5 Å². The van der Waals surface area contributed by atoms with Crippen LogP contribution in [0.2, 0.25) is 0 Å². The predicted molar refractivity (Wildman–Crippen MR) is 54.9 cm³/mol. The molecule has 1 unspecified atom stereocenters. The zero-order chi connectivity index (χ0) is 7.82. The number of hydrogen-bond acceptors (Lipinski definition) is 2. The zero-order valence-corrected chi connectivity index (χ0v) is 8.56. The summed E-state index contributed by atoms with van der Waals surface area (Å²) < 4.78 is 0. The second-order valence-electron chi connectivity index (χ2n) is 2.21. The van der Waals surface area contributed by atoms with Crippen LogP contribution in [0, 0.1) is 6.92 Å². The van der Waals surface area contributed by atoms with Crippen molar-refractivity contribution in [2.75, 3.05) is 17.8 Å². The molecule has 0 bridgehead atoms. The summed E-state index contributed by atoms with van der Waals surface area (Å²) in [6.07, 6.45) is 4.54. The Morgan fingerprint density at radius 3 is 2.60 bits per heavy atom. The van der Waals surface area contributed by atoms with Gasteiger partial charge in [-0.3, -0.25) is 0 Å². The summed E-state index contributed by atoms with van der Waals surface area (Å²) in [7, 11) is 0. The van der Waals surface area contributed by atoms with E-state index in [1.807, 2.05) is 11.8 Å². The van der Waals surface area contributed by atoms with Crippen LogP contribution in [0.3, 0.4) is 0 Å². The maximum absolute atomic E-state index is 3.82. The third-order valence-electron chi connectivity index (χ3n) is 1.31. The van der Waals surface area contributed by atoms with Gasteiger partial charge in [0, 0.05) is 11.0 Å². The van der Waals surface area contributed by atoms with Crippen LogP contribution >= 0.6 is 23.5 Å².